The minimum absolute atomic E-state index is 0.440. The molecule has 1 rings (SSSR count). The third-order valence-electron chi connectivity index (χ3n) is 2.27. The van der Waals surface area contributed by atoms with Crippen LogP contribution in [0.3, 0.4) is 0 Å². The number of benzene rings is 1. The molecule has 0 saturated heterocycles. The number of nitrogens with one attached hydrogen (secondary N) is 1. The van der Waals surface area contributed by atoms with Crippen molar-refractivity contribution in [3.8, 4) is 0 Å². The lowest BCUT2D eigenvalue weighted by Gasteiger charge is -2.13. The molecule has 15 heavy (non-hydrogen) atoms. The maximum absolute atomic E-state index is 3.52. The molecule has 1 nitrogen and oxygen atoms in total. The Hall–Kier alpha value is 0.01000. The van der Waals surface area contributed by atoms with Gasteiger partial charge < -0.3 is 5.32 Å². The summed E-state index contributed by atoms with van der Waals surface area (Å²) < 4.78 is 1.14. The summed E-state index contributed by atoms with van der Waals surface area (Å²) in [6.45, 7) is 5.48. The molecule has 0 bridgehead atoms. The van der Waals surface area contributed by atoms with Crippen LogP contribution < -0.4 is 5.32 Å². The van der Waals surface area contributed by atoms with Crippen molar-refractivity contribution in [3.63, 3.8) is 0 Å². The van der Waals surface area contributed by atoms with Crippen LogP contribution in [0.4, 0.5) is 0 Å². The Bertz CT molecular complexity index is 273. The molecule has 84 valence electrons. The summed E-state index contributed by atoms with van der Waals surface area (Å²) in [4.78, 5) is 0. The van der Waals surface area contributed by atoms with Gasteiger partial charge in [-0.25, -0.2) is 0 Å². The summed E-state index contributed by atoms with van der Waals surface area (Å²) in [5.74, 6) is 2.39. The molecular formula is C12H18BrNS. The maximum atomic E-state index is 3.52. The second kappa shape index (κ2) is 7.31. The van der Waals surface area contributed by atoms with Crippen LogP contribution >= 0.6 is 27.7 Å². The second-order valence-corrected chi connectivity index (χ2v) is 5.73. The van der Waals surface area contributed by atoms with E-state index >= 15 is 0 Å². The molecule has 0 aliphatic carbocycles. The van der Waals surface area contributed by atoms with Gasteiger partial charge in [-0.05, 0) is 30.4 Å². The molecule has 0 heterocycles. The van der Waals surface area contributed by atoms with Crippen LogP contribution in [-0.4, -0.2) is 18.1 Å². The van der Waals surface area contributed by atoms with Gasteiger partial charge in [-0.1, -0.05) is 35.0 Å². The van der Waals surface area contributed by atoms with E-state index in [9.17, 15) is 0 Å². The van der Waals surface area contributed by atoms with Crippen LogP contribution in [0, 0.1) is 0 Å². The van der Waals surface area contributed by atoms with Crippen LogP contribution in [0.15, 0.2) is 28.7 Å². The lowest BCUT2D eigenvalue weighted by molar-refractivity contribution is 0.601. The lowest BCUT2D eigenvalue weighted by Crippen LogP contribution is -2.21. The summed E-state index contributed by atoms with van der Waals surface area (Å²) in [6, 6.07) is 8.95. The van der Waals surface area contributed by atoms with Gasteiger partial charge >= 0.3 is 0 Å². The van der Waals surface area contributed by atoms with Crippen molar-refractivity contribution >= 4 is 27.7 Å². The normalized spacial score (nSPS) is 12.7. The summed E-state index contributed by atoms with van der Waals surface area (Å²) >= 11 is 5.42. The average Bonchev–Trinajstić information content (AvgIpc) is 2.25. The highest BCUT2D eigenvalue weighted by Crippen LogP contribution is 2.16. The maximum Gasteiger partial charge on any atom is 0.0292 e. The fourth-order valence-corrected chi connectivity index (χ4v) is 2.18. The van der Waals surface area contributed by atoms with Crippen LogP contribution in [0.25, 0.3) is 0 Å². The first kappa shape index (κ1) is 13.1. The quantitative estimate of drug-likeness (QED) is 0.798. The van der Waals surface area contributed by atoms with Crippen LogP contribution in [0.1, 0.15) is 25.5 Å². The molecule has 1 aromatic rings. The van der Waals surface area contributed by atoms with E-state index in [-0.39, 0.29) is 0 Å². The molecule has 0 radical (unpaired) electrons. The van der Waals surface area contributed by atoms with Gasteiger partial charge in [0.1, 0.15) is 0 Å². The molecule has 0 saturated carbocycles. The zero-order chi connectivity index (χ0) is 11.1. The highest BCUT2D eigenvalue weighted by atomic mass is 79.9. The predicted octanol–water partition coefficient (Wildman–Crippen LogP) is 3.85. The average molecular weight is 288 g/mol. The van der Waals surface area contributed by atoms with E-state index in [2.05, 4.69) is 59.4 Å². The van der Waals surface area contributed by atoms with Gasteiger partial charge in [0, 0.05) is 22.8 Å². The highest BCUT2D eigenvalue weighted by Gasteiger charge is 2.03. The Morgan fingerprint density at radius 3 is 2.60 bits per heavy atom. The van der Waals surface area contributed by atoms with Crippen LogP contribution in [0.5, 0.6) is 0 Å². The van der Waals surface area contributed by atoms with Gasteiger partial charge in [0.2, 0.25) is 0 Å². The lowest BCUT2D eigenvalue weighted by atomic mass is 10.1. The van der Waals surface area contributed by atoms with Crippen molar-refractivity contribution in [2.75, 3.05) is 18.1 Å². The smallest absolute Gasteiger partial charge is 0.0292 e. The zero-order valence-electron chi connectivity index (χ0n) is 9.29. The van der Waals surface area contributed by atoms with E-state index in [0.29, 0.717) is 6.04 Å². The fraction of sp³-hybridized carbons (Fsp3) is 0.500. The van der Waals surface area contributed by atoms with E-state index in [4.69, 9.17) is 0 Å². The largest absolute Gasteiger partial charge is 0.309 e. The molecule has 3 heteroatoms. The molecule has 1 N–H and O–H groups in total. The van der Waals surface area contributed by atoms with E-state index in [0.717, 1.165) is 11.0 Å². The van der Waals surface area contributed by atoms with Crippen molar-refractivity contribution in [1.29, 1.82) is 0 Å². The van der Waals surface area contributed by atoms with Crippen molar-refractivity contribution < 1.29 is 0 Å². The van der Waals surface area contributed by atoms with Gasteiger partial charge in [0.25, 0.3) is 0 Å². The number of hydrogen-bond donors (Lipinski definition) is 1. The third kappa shape index (κ3) is 5.05. The third-order valence-corrected chi connectivity index (χ3v) is 3.70. The number of hydrogen-bond acceptors (Lipinski definition) is 2. The Morgan fingerprint density at radius 1 is 1.33 bits per heavy atom. The van der Waals surface area contributed by atoms with Gasteiger partial charge in [-0.3, -0.25) is 0 Å². The molecule has 0 amide bonds. The monoisotopic (exact) mass is 287 g/mol. The molecule has 0 aliphatic rings. The number of thioether (sulfide) groups is 1. The second-order valence-electron chi connectivity index (χ2n) is 3.42. The summed E-state index contributed by atoms with van der Waals surface area (Å²) in [7, 11) is 0. The van der Waals surface area contributed by atoms with Gasteiger partial charge in [0.15, 0.2) is 0 Å². The van der Waals surface area contributed by atoms with E-state index in [1.807, 2.05) is 11.8 Å². The highest BCUT2D eigenvalue weighted by molar-refractivity contribution is 9.10. The minimum atomic E-state index is 0.440. The van der Waals surface area contributed by atoms with Crippen LogP contribution in [-0.2, 0) is 0 Å². The fourth-order valence-electron chi connectivity index (χ4n) is 1.36. The molecule has 0 spiro atoms. The first-order valence-corrected chi connectivity index (χ1v) is 7.25. The molecule has 1 aromatic carbocycles. The molecule has 0 aromatic heterocycles. The van der Waals surface area contributed by atoms with Gasteiger partial charge in [0.05, 0.1) is 0 Å². The molecule has 0 aliphatic heterocycles. The van der Waals surface area contributed by atoms with Crippen molar-refractivity contribution in [3.05, 3.63) is 34.3 Å². The van der Waals surface area contributed by atoms with Gasteiger partial charge in [-0.15, -0.1) is 0 Å². The minimum Gasteiger partial charge on any atom is -0.309 e. The van der Waals surface area contributed by atoms with Crippen LogP contribution in [0.2, 0.25) is 0 Å². The topological polar surface area (TPSA) is 12.0 Å². The standard InChI is InChI=1S/C12H18BrNS/c1-3-15-9-8-14-10(2)11-4-6-12(13)7-5-11/h4-7,10,14H,3,8-9H2,1-2H3/t10-/m1/s1. The van der Waals surface area contributed by atoms with E-state index < -0.39 is 0 Å². The van der Waals surface area contributed by atoms with Gasteiger partial charge in [-0.2, -0.15) is 11.8 Å². The number of halogens is 1. The summed E-state index contributed by atoms with van der Waals surface area (Å²) in [5.41, 5.74) is 1.35. The molecule has 0 fully saturated rings. The first-order valence-electron chi connectivity index (χ1n) is 5.30. The summed E-state index contributed by atoms with van der Waals surface area (Å²) in [5, 5.41) is 3.52. The zero-order valence-corrected chi connectivity index (χ0v) is 11.7. The van der Waals surface area contributed by atoms with Crippen molar-refractivity contribution in [1.82, 2.24) is 5.32 Å². The Morgan fingerprint density at radius 2 is 2.00 bits per heavy atom. The Labute approximate surface area is 105 Å². The number of rotatable bonds is 6. The van der Waals surface area contributed by atoms with E-state index in [1.54, 1.807) is 0 Å². The molecular weight excluding hydrogens is 270 g/mol. The molecule has 0 unspecified atom stereocenters. The Balaban J connectivity index is 2.33. The van der Waals surface area contributed by atoms with Crippen molar-refractivity contribution in [2.45, 2.75) is 19.9 Å². The summed E-state index contributed by atoms with van der Waals surface area (Å²) in [6.07, 6.45) is 0. The van der Waals surface area contributed by atoms with E-state index in [1.165, 1.54) is 17.1 Å². The first-order chi connectivity index (χ1) is 7.24. The van der Waals surface area contributed by atoms with Crippen molar-refractivity contribution in [2.24, 2.45) is 0 Å². The predicted molar refractivity (Wildman–Crippen MR) is 73.6 cm³/mol. The molecule has 1 atom stereocenters. The Kier molecular flexibility index (Phi) is 6.37. The SMILES string of the molecule is CCSCCN[C@H](C)c1ccc(Br)cc1.